The zero-order valence-electron chi connectivity index (χ0n) is 11.4. The molecule has 0 radical (unpaired) electrons. The molecule has 0 spiro atoms. The van der Waals surface area contributed by atoms with Crippen LogP contribution in [-0.4, -0.2) is 11.9 Å². The zero-order valence-corrected chi connectivity index (χ0v) is 11.4. The smallest absolute Gasteiger partial charge is 0.320 e. The van der Waals surface area contributed by atoms with Crippen LogP contribution < -0.4 is 0 Å². The van der Waals surface area contributed by atoms with Crippen molar-refractivity contribution in [3.05, 3.63) is 11.6 Å². The van der Waals surface area contributed by atoms with E-state index in [4.69, 9.17) is 4.74 Å². The second kappa shape index (κ2) is 3.46. The van der Waals surface area contributed by atoms with E-state index in [0.29, 0.717) is 11.8 Å². The molecule has 98 valence electrons. The predicted molar refractivity (Wildman–Crippen MR) is 66.4 cm³/mol. The number of hydrogen-bond donors (Lipinski definition) is 0. The fourth-order valence-corrected chi connectivity index (χ4v) is 4.49. The summed E-state index contributed by atoms with van der Waals surface area (Å²) in [5, 5.41) is 0. The van der Waals surface area contributed by atoms with Crippen molar-refractivity contribution >= 4 is 11.9 Å². The largest absolute Gasteiger partial charge is 0.392 e. The lowest BCUT2D eigenvalue weighted by atomic mass is 9.48. The Morgan fingerprint density at radius 1 is 1.39 bits per heavy atom. The molecule has 0 aromatic heterocycles. The molecule has 3 aliphatic carbocycles. The van der Waals surface area contributed by atoms with Gasteiger partial charge in [-0.2, -0.15) is 0 Å². The van der Waals surface area contributed by atoms with Gasteiger partial charge in [0.05, 0.1) is 11.3 Å². The van der Waals surface area contributed by atoms with Gasteiger partial charge in [0.25, 0.3) is 0 Å². The first-order chi connectivity index (χ1) is 8.37. The summed E-state index contributed by atoms with van der Waals surface area (Å²) in [7, 11) is 0. The Bertz CT molecular complexity index is 462. The highest BCUT2D eigenvalue weighted by Gasteiger charge is 2.66. The second-order valence-electron chi connectivity index (χ2n) is 6.65. The molecular formula is C15H20O3. The number of esters is 2. The summed E-state index contributed by atoms with van der Waals surface area (Å²) in [5.74, 6) is 0.538. The van der Waals surface area contributed by atoms with Crippen LogP contribution in [0.2, 0.25) is 0 Å². The minimum atomic E-state index is -0.605. The first-order valence-corrected chi connectivity index (χ1v) is 6.81. The molecule has 1 aliphatic heterocycles. The Kier molecular flexibility index (Phi) is 2.30. The van der Waals surface area contributed by atoms with E-state index >= 15 is 0 Å². The van der Waals surface area contributed by atoms with E-state index in [1.54, 1.807) is 0 Å². The normalized spacial score (nSPS) is 46.2. The lowest BCUT2D eigenvalue weighted by molar-refractivity contribution is -0.155. The molecule has 1 saturated heterocycles. The molecular weight excluding hydrogens is 228 g/mol. The molecule has 5 unspecified atom stereocenters. The van der Waals surface area contributed by atoms with Gasteiger partial charge in [-0.1, -0.05) is 25.5 Å². The fourth-order valence-electron chi connectivity index (χ4n) is 4.49. The van der Waals surface area contributed by atoms with Crippen molar-refractivity contribution in [2.24, 2.45) is 35.0 Å². The molecule has 2 bridgehead atoms. The monoisotopic (exact) mass is 248 g/mol. The van der Waals surface area contributed by atoms with Gasteiger partial charge in [-0.3, -0.25) is 9.59 Å². The van der Waals surface area contributed by atoms with Crippen molar-refractivity contribution in [2.75, 3.05) is 0 Å². The van der Waals surface area contributed by atoms with Crippen LogP contribution in [0.15, 0.2) is 11.6 Å². The maximum atomic E-state index is 12.1. The molecule has 0 aromatic rings. The van der Waals surface area contributed by atoms with E-state index in [1.165, 1.54) is 5.57 Å². The van der Waals surface area contributed by atoms with Gasteiger partial charge in [0.15, 0.2) is 0 Å². The van der Waals surface area contributed by atoms with Crippen LogP contribution in [0.4, 0.5) is 0 Å². The molecule has 18 heavy (non-hydrogen) atoms. The van der Waals surface area contributed by atoms with Gasteiger partial charge < -0.3 is 4.74 Å². The summed E-state index contributed by atoms with van der Waals surface area (Å²) in [6.07, 6.45) is 3.24. The van der Waals surface area contributed by atoms with Crippen LogP contribution in [0, 0.1) is 35.0 Å². The number of carbonyl (C=O) groups is 2. The van der Waals surface area contributed by atoms with Gasteiger partial charge in [-0.15, -0.1) is 0 Å². The summed E-state index contributed by atoms with van der Waals surface area (Å²) in [6, 6.07) is 0. The molecule has 4 aliphatic rings. The maximum absolute atomic E-state index is 12.1. The number of hydrogen-bond acceptors (Lipinski definition) is 3. The summed E-state index contributed by atoms with van der Waals surface area (Å²) in [5.41, 5.74) is 0.661. The first kappa shape index (κ1) is 11.9. The number of ether oxygens (including phenoxy) is 1. The summed E-state index contributed by atoms with van der Waals surface area (Å²) >= 11 is 0. The van der Waals surface area contributed by atoms with E-state index < -0.39 is 5.41 Å². The number of rotatable bonds is 1. The van der Waals surface area contributed by atoms with E-state index in [9.17, 15) is 9.59 Å². The van der Waals surface area contributed by atoms with Crippen molar-refractivity contribution in [2.45, 2.75) is 34.1 Å². The summed E-state index contributed by atoms with van der Waals surface area (Å²) in [4.78, 5) is 24.1. The topological polar surface area (TPSA) is 43.4 Å². The van der Waals surface area contributed by atoms with Crippen LogP contribution in [-0.2, 0) is 14.3 Å². The lowest BCUT2D eigenvalue weighted by Gasteiger charge is -2.52. The van der Waals surface area contributed by atoms with Crippen LogP contribution >= 0.6 is 0 Å². The number of cyclic esters (lactones) is 2. The molecule has 0 N–H and O–H groups in total. The van der Waals surface area contributed by atoms with E-state index in [2.05, 4.69) is 26.8 Å². The van der Waals surface area contributed by atoms with Crippen LogP contribution in [0.3, 0.4) is 0 Å². The Morgan fingerprint density at radius 2 is 2.06 bits per heavy atom. The molecule has 5 atom stereocenters. The van der Waals surface area contributed by atoms with Crippen LogP contribution in [0.1, 0.15) is 34.1 Å². The maximum Gasteiger partial charge on any atom is 0.320 e. The first-order valence-electron chi connectivity index (χ1n) is 6.81. The minimum absolute atomic E-state index is 0.179. The van der Waals surface area contributed by atoms with E-state index in [0.717, 1.165) is 6.42 Å². The van der Waals surface area contributed by atoms with Crippen molar-refractivity contribution < 1.29 is 14.3 Å². The Labute approximate surface area is 108 Å². The zero-order chi connectivity index (χ0) is 13.2. The molecule has 0 amide bonds. The minimum Gasteiger partial charge on any atom is -0.392 e. The van der Waals surface area contributed by atoms with Gasteiger partial charge >= 0.3 is 11.9 Å². The lowest BCUT2D eigenvalue weighted by Crippen LogP contribution is -2.53. The SMILES string of the molecule is CC1=CC2C(C(C)C)CC1C1(C)C(=O)OC(=O)C21. The molecule has 3 heteroatoms. The van der Waals surface area contributed by atoms with Gasteiger partial charge in [0.2, 0.25) is 0 Å². The Hall–Kier alpha value is -1.12. The molecule has 4 rings (SSSR count). The van der Waals surface area contributed by atoms with Gasteiger partial charge in [0, 0.05) is 0 Å². The number of allylic oxidation sites excluding steroid dienone is 2. The van der Waals surface area contributed by atoms with Crippen molar-refractivity contribution in [1.29, 1.82) is 0 Å². The van der Waals surface area contributed by atoms with E-state index in [-0.39, 0.29) is 29.7 Å². The quantitative estimate of drug-likeness (QED) is 0.407. The number of fused-ring (bicyclic) bond motifs is 1. The van der Waals surface area contributed by atoms with Gasteiger partial charge in [-0.05, 0) is 43.9 Å². The van der Waals surface area contributed by atoms with E-state index in [1.807, 2.05) is 6.92 Å². The van der Waals surface area contributed by atoms with Crippen molar-refractivity contribution in [3.8, 4) is 0 Å². The van der Waals surface area contributed by atoms with Gasteiger partial charge in [-0.25, -0.2) is 0 Å². The summed E-state index contributed by atoms with van der Waals surface area (Å²) < 4.78 is 4.96. The average Bonchev–Trinajstić information content (AvgIpc) is 2.51. The molecule has 3 nitrogen and oxygen atoms in total. The summed E-state index contributed by atoms with van der Waals surface area (Å²) in [6.45, 7) is 8.42. The Morgan fingerprint density at radius 3 is 2.67 bits per heavy atom. The van der Waals surface area contributed by atoms with Crippen LogP contribution in [0.25, 0.3) is 0 Å². The predicted octanol–water partition coefficient (Wildman–Crippen LogP) is 2.56. The van der Waals surface area contributed by atoms with Crippen LogP contribution in [0.5, 0.6) is 0 Å². The highest BCUT2D eigenvalue weighted by Crippen LogP contribution is 2.62. The standard InChI is InChI=1S/C15H20O3/c1-7(2)9-6-11-8(3)5-10(9)12-13(16)18-14(17)15(11,12)4/h5,7,9-12H,6H2,1-4H3. The third-order valence-corrected chi connectivity index (χ3v) is 5.51. The van der Waals surface area contributed by atoms with Crippen molar-refractivity contribution in [3.63, 3.8) is 0 Å². The molecule has 2 fully saturated rings. The molecule has 1 saturated carbocycles. The third kappa shape index (κ3) is 1.20. The molecule has 0 aromatic carbocycles. The fraction of sp³-hybridized carbons (Fsp3) is 0.733. The Balaban J connectivity index is 2.12. The third-order valence-electron chi connectivity index (χ3n) is 5.51. The second-order valence-corrected chi connectivity index (χ2v) is 6.65. The highest BCUT2D eigenvalue weighted by molar-refractivity contribution is 6.00. The average molecular weight is 248 g/mol. The van der Waals surface area contributed by atoms with Gasteiger partial charge in [0.1, 0.15) is 0 Å². The highest BCUT2D eigenvalue weighted by atomic mass is 16.6. The number of carbonyl (C=O) groups excluding carboxylic acids is 2. The van der Waals surface area contributed by atoms with Crippen molar-refractivity contribution in [1.82, 2.24) is 0 Å². The molecule has 1 heterocycles.